The van der Waals surface area contributed by atoms with Crippen LogP contribution >= 0.6 is 0 Å². The van der Waals surface area contributed by atoms with Crippen molar-refractivity contribution in [2.75, 3.05) is 52.6 Å². The van der Waals surface area contributed by atoms with Crippen LogP contribution in [0.1, 0.15) is 19.4 Å². The van der Waals surface area contributed by atoms with Crippen molar-refractivity contribution in [2.24, 2.45) is 0 Å². The summed E-state index contributed by atoms with van der Waals surface area (Å²) in [6, 6.07) is 10.8. The van der Waals surface area contributed by atoms with Gasteiger partial charge in [0.05, 0.1) is 25.9 Å². The van der Waals surface area contributed by atoms with Crippen molar-refractivity contribution >= 4 is 6.09 Å². The summed E-state index contributed by atoms with van der Waals surface area (Å²) in [4.78, 5) is 18.2. The maximum atomic E-state index is 11.7. The number of amides is 1. The third-order valence-corrected chi connectivity index (χ3v) is 5.74. The number of benzene rings is 1. The molecule has 7 heteroatoms. The van der Waals surface area contributed by atoms with Crippen LogP contribution in [0.15, 0.2) is 30.3 Å². The second-order valence-corrected chi connectivity index (χ2v) is 7.74. The predicted molar refractivity (Wildman–Crippen MR) is 108 cm³/mol. The number of carboxylic acid groups (broad SMARTS) is 1. The van der Waals surface area contributed by atoms with Crippen LogP contribution in [0, 0.1) is 0 Å². The fraction of sp³-hybridized carbons (Fsp3) is 0.667. The molecule has 0 spiro atoms. The Hall–Kier alpha value is -1.67. The van der Waals surface area contributed by atoms with Gasteiger partial charge in [0.25, 0.3) is 0 Å². The molecule has 2 saturated heterocycles. The van der Waals surface area contributed by atoms with E-state index in [-0.39, 0.29) is 18.1 Å². The van der Waals surface area contributed by atoms with E-state index in [9.17, 15) is 9.90 Å². The fourth-order valence-electron chi connectivity index (χ4n) is 4.17. The largest absolute Gasteiger partial charge is 0.465 e. The first-order chi connectivity index (χ1) is 13.6. The van der Waals surface area contributed by atoms with E-state index in [2.05, 4.69) is 34.1 Å². The Morgan fingerprint density at radius 2 is 2.00 bits per heavy atom. The highest BCUT2D eigenvalue weighted by molar-refractivity contribution is 5.65. The highest BCUT2D eigenvalue weighted by Gasteiger charge is 2.36. The lowest BCUT2D eigenvalue weighted by molar-refractivity contribution is -0.0601. The van der Waals surface area contributed by atoms with Gasteiger partial charge in [-0.1, -0.05) is 30.3 Å². The standard InChI is InChI=1S/C21H33N3O4/c1-3-27-15-20-16-28-10-9-22(20)13-19-14-24(21(25)26)17(2)11-23(19)12-18-7-5-4-6-8-18/h4-8,17,19-20H,3,9-16H2,1-2H3,(H,25,26)/t17-,19+,20?/m1/s1. The van der Waals surface area contributed by atoms with Gasteiger partial charge in [0.15, 0.2) is 0 Å². The third kappa shape index (κ3) is 5.44. The van der Waals surface area contributed by atoms with E-state index in [1.54, 1.807) is 4.90 Å². The van der Waals surface area contributed by atoms with Gasteiger partial charge in [0.2, 0.25) is 0 Å². The Labute approximate surface area is 167 Å². The molecule has 7 nitrogen and oxygen atoms in total. The first-order valence-electron chi connectivity index (χ1n) is 10.3. The van der Waals surface area contributed by atoms with Crippen molar-refractivity contribution in [2.45, 2.75) is 38.5 Å². The van der Waals surface area contributed by atoms with Crippen LogP contribution in [0.5, 0.6) is 0 Å². The first-order valence-corrected chi connectivity index (χ1v) is 10.3. The van der Waals surface area contributed by atoms with E-state index in [4.69, 9.17) is 9.47 Å². The summed E-state index contributed by atoms with van der Waals surface area (Å²) in [5.74, 6) is 0. The number of rotatable bonds is 7. The Kier molecular flexibility index (Phi) is 7.67. The van der Waals surface area contributed by atoms with Crippen molar-refractivity contribution in [1.82, 2.24) is 14.7 Å². The number of piperazine rings is 1. The molecule has 2 aliphatic heterocycles. The normalized spacial score (nSPS) is 27.1. The Morgan fingerprint density at radius 3 is 2.71 bits per heavy atom. The van der Waals surface area contributed by atoms with Crippen LogP contribution in [0.4, 0.5) is 4.79 Å². The molecule has 0 saturated carbocycles. The zero-order valence-corrected chi connectivity index (χ0v) is 17.0. The fourth-order valence-corrected chi connectivity index (χ4v) is 4.17. The lowest BCUT2D eigenvalue weighted by Gasteiger charge is -2.47. The number of hydrogen-bond donors (Lipinski definition) is 1. The predicted octanol–water partition coefficient (Wildman–Crippen LogP) is 1.98. The number of ether oxygens (including phenoxy) is 2. The molecule has 2 heterocycles. The average Bonchev–Trinajstić information content (AvgIpc) is 2.69. The van der Waals surface area contributed by atoms with Crippen molar-refractivity contribution in [3.63, 3.8) is 0 Å². The summed E-state index contributed by atoms with van der Waals surface area (Å²) in [7, 11) is 0. The van der Waals surface area contributed by atoms with Crippen molar-refractivity contribution in [3.8, 4) is 0 Å². The number of nitrogens with zero attached hydrogens (tertiary/aromatic N) is 3. The van der Waals surface area contributed by atoms with Gasteiger partial charge in [0, 0.05) is 51.4 Å². The molecular formula is C21H33N3O4. The number of hydrogen-bond acceptors (Lipinski definition) is 5. The second kappa shape index (κ2) is 10.2. The highest BCUT2D eigenvalue weighted by Crippen LogP contribution is 2.21. The van der Waals surface area contributed by atoms with Crippen molar-refractivity contribution in [3.05, 3.63) is 35.9 Å². The molecular weight excluding hydrogens is 358 g/mol. The van der Waals surface area contributed by atoms with Crippen molar-refractivity contribution < 1.29 is 19.4 Å². The molecule has 0 radical (unpaired) electrons. The molecule has 28 heavy (non-hydrogen) atoms. The molecule has 1 unspecified atom stereocenters. The molecule has 1 amide bonds. The van der Waals surface area contributed by atoms with Crippen LogP contribution in [0.2, 0.25) is 0 Å². The molecule has 1 N–H and O–H groups in total. The molecule has 2 aliphatic rings. The Bertz CT molecular complexity index is 615. The number of carbonyl (C=O) groups is 1. The summed E-state index contributed by atoms with van der Waals surface area (Å²) < 4.78 is 11.3. The molecule has 3 atom stereocenters. The van der Waals surface area contributed by atoms with E-state index in [1.807, 2.05) is 19.9 Å². The summed E-state index contributed by atoms with van der Waals surface area (Å²) >= 11 is 0. The van der Waals surface area contributed by atoms with Gasteiger partial charge in [-0.3, -0.25) is 9.80 Å². The van der Waals surface area contributed by atoms with Gasteiger partial charge in [-0.2, -0.15) is 0 Å². The molecule has 0 aliphatic carbocycles. The summed E-state index contributed by atoms with van der Waals surface area (Å²) in [6.45, 7) is 10.5. The SMILES string of the molecule is CCOCC1COCCN1C[C@H]1CN(C(=O)O)[C@H](C)CN1Cc1ccccc1. The summed E-state index contributed by atoms with van der Waals surface area (Å²) in [6.07, 6.45) is -0.829. The molecule has 156 valence electrons. The van der Waals surface area contributed by atoms with Crippen LogP contribution in [0.25, 0.3) is 0 Å². The smallest absolute Gasteiger partial charge is 0.407 e. The maximum absolute atomic E-state index is 11.7. The quantitative estimate of drug-likeness (QED) is 0.767. The Balaban J connectivity index is 1.72. The van der Waals surface area contributed by atoms with Gasteiger partial charge < -0.3 is 19.5 Å². The molecule has 0 aromatic heterocycles. The van der Waals surface area contributed by atoms with Gasteiger partial charge in [-0.25, -0.2) is 4.79 Å². The van der Waals surface area contributed by atoms with Gasteiger partial charge in [-0.05, 0) is 19.4 Å². The third-order valence-electron chi connectivity index (χ3n) is 5.74. The zero-order valence-electron chi connectivity index (χ0n) is 17.0. The van der Waals surface area contributed by atoms with Gasteiger partial charge in [-0.15, -0.1) is 0 Å². The van der Waals surface area contributed by atoms with E-state index in [0.717, 1.165) is 26.2 Å². The summed E-state index contributed by atoms with van der Waals surface area (Å²) in [5, 5.41) is 9.63. The van der Waals surface area contributed by atoms with Gasteiger partial charge >= 0.3 is 6.09 Å². The van der Waals surface area contributed by atoms with Crippen molar-refractivity contribution in [1.29, 1.82) is 0 Å². The highest BCUT2D eigenvalue weighted by atomic mass is 16.5. The average molecular weight is 392 g/mol. The minimum atomic E-state index is -0.829. The van der Waals surface area contributed by atoms with E-state index < -0.39 is 6.09 Å². The van der Waals surface area contributed by atoms with Crippen LogP contribution in [-0.2, 0) is 16.0 Å². The monoisotopic (exact) mass is 391 g/mol. The first kappa shape index (κ1) is 21.0. The molecule has 3 rings (SSSR count). The zero-order chi connectivity index (χ0) is 19.9. The minimum Gasteiger partial charge on any atom is -0.465 e. The molecule has 1 aromatic carbocycles. The lowest BCUT2D eigenvalue weighted by atomic mass is 10.0. The van der Waals surface area contributed by atoms with E-state index in [0.29, 0.717) is 33.0 Å². The topological polar surface area (TPSA) is 65.5 Å². The molecule has 2 fully saturated rings. The van der Waals surface area contributed by atoms with Crippen LogP contribution in [-0.4, -0.2) is 96.6 Å². The minimum absolute atomic E-state index is 0.0126. The van der Waals surface area contributed by atoms with Gasteiger partial charge in [0.1, 0.15) is 0 Å². The van der Waals surface area contributed by atoms with E-state index in [1.165, 1.54) is 5.56 Å². The number of morpholine rings is 1. The van der Waals surface area contributed by atoms with E-state index >= 15 is 0 Å². The Morgan fingerprint density at radius 1 is 1.21 bits per heavy atom. The van der Waals surface area contributed by atoms with Crippen LogP contribution < -0.4 is 0 Å². The summed E-state index contributed by atoms with van der Waals surface area (Å²) in [5.41, 5.74) is 1.26. The molecule has 1 aromatic rings. The van der Waals surface area contributed by atoms with Crippen LogP contribution in [0.3, 0.4) is 0 Å². The molecule has 0 bridgehead atoms. The lowest BCUT2D eigenvalue weighted by Crippen LogP contribution is -2.62. The maximum Gasteiger partial charge on any atom is 0.407 e. The second-order valence-electron chi connectivity index (χ2n) is 7.74.